The molecule has 0 aromatic heterocycles. The van der Waals surface area contributed by atoms with Crippen LogP contribution in [0.4, 0.5) is 11.4 Å². The Balaban J connectivity index is 1.40. The minimum Gasteiger partial charge on any atom is -0.355 e. The summed E-state index contributed by atoms with van der Waals surface area (Å²) in [6.45, 7) is 0. The van der Waals surface area contributed by atoms with E-state index in [1.165, 1.54) is 44.2 Å². The van der Waals surface area contributed by atoms with Gasteiger partial charge in [-0.2, -0.15) is 0 Å². The fourth-order valence-electron chi connectivity index (χ4n) is 4.80. The summed E-state index contributed by atoms with van der Waals surface area (Å²) in [5, 5.41) is 6.19. The molecule has 6 aromatic rings. The molecule has 0 saturated carbocycles. The molecule has 0 saturated heterocycles. The van der Waals surface area contributed by atoms with E-state index in [0.717, 1.165) is 11.4 Å². The van der Waals surface area contributed by atoms with Crippen molar-refractivity contribution in [1.82, 2.24) is 0 Å². The molecular formula is C34H25N. The van der Waals surface area contributed by atoms with Gasteiger partial charge in [-0.3, -0.25) is 0 Å². The van der Waals surface area contributed by atoms with Crippen molar-refractivity contribution in [3.05, 3.63) is 146 Å². The van der Waals surface area contributed by atoms with Crippen LogP contribution in [0.15, 0.2) is 146 Å². The van der Waals surface area contributed by atoms with Gasteiger partial charge in [-0.25, -0.2) is 0 Å². The fourth-order valence-corrected chi connectivity index (χ4v) is 4.80. The summed E-state index contributed by atoms with van der Waals surface area (Å²) in [5.41, 5.74) is 9.50. The van der Waals surface area contributed by atoms with Gasteiger partial charge >= 0.3 is 0 Å². The average molecular weight is 448 g/mol. The molecule has 0 aliphatic rings. The van der Waals surface area contributed by atoms with E-state index < -0.39 is 0 Å². The number of rotatable bonds is 5. The lowest BCUT2D eigenvalue weighted by atomic mass is 9.92. The van der Waals surface area contributed by atoms with Gasteiger partial charge in [0.25, 0.3) is 0 Å². The lowest BCUT2D eigenvalue weighted by molar-refractivity contribution is 1.53. The first-order valence-corrected chi connectivity index (χ1v) is 12.0. The Morgan fingerprint density at radius 1 is 0.343 bits per heavy atom. The first-order chi connectivity index (χ1) is 17.4. The van der Waals surface area contributed by atoms with Crippen molar-refractivity contribution in [3.63, 3.8) is 0 Å². The Labute approximate surface area is 206 Å². The maximum Gasteiger partial charge on any atom is 0.0463 e. The minimum absolute atomic E-state index is 1.07. The third kappa shape index (κ3) is 4.20. The average Bonchev–Trinajstić information content (AvgIpc) is 2.94. The fraction of sp³-hybridized carbons (Fsp3) is 0. The van der Waals surface area contributed by atoms with E-state index in [1.807, 2.05) is 0 Å². The molecule has 0 atom stereocenters. The van der Waals surface area contributed by atoms with Crippen LogP contribution < -0.4 is 5.32 Å². The highest BCUT2D eigenvalue weighted by atomic mass is 14.9. The molecule has 0 aliphatic heterocycles. The van der Waals surface area contributed by atoms with E-state index in [9.17, 15) is 0 Å². The Morgan fingerprint density at radius 3 is 1.54 bits per heavy atom. The highest BCUT2D eigenvalue weighted by molar-refractivity contribution is 6.05. The molecule has 35 heavy (non-hydrogen) atoms. The van der Waals surface area contributed by atoms with Crippen molar-refractivity contribution in [3.8, 4) is 33.4 Å². The Hall–Kier alpha value is -4.62. The minimum atomic E-state index is 1.07. The molecule has 0 spiro atoms. The number of benzene rings is 6. The maximum atomic E-state index is 3.67. The van der Waals surface area contributed by atoms with E-state index >= 15 is 0 Å². The summed E-state index contributed by atoms with van der Waals surface area (Å²) in [6, 6.07) is 51.5. The zero-order valence-electron chi connectivity index (χ0n) is 19.4. The van der Waals surface area contributed by atoms with Gasteiger partial charge in [0, 0.05) is 16.9 Å². The SMILES string of the molecule is c1ccc(-c2ccccc2Nc2cccc(-c3ccc(-c4ccccc4)c4ccccc34)c2)cc1. The zero-order valence-corrected chi connectivity index (χ0v) is 19.4. The molecule has 1 heteroatoms. The highest BCUT2D eigenvalue weighted by Crippen LogP contribution is 2.37. The van der Waals surface area contributed by atoms with Crippen molar-refractivity contribution >= 4 is 22.1 Å². The Bertz CT molecular complexity index is 1600. The van der Waals surface area contributed by atoms with Crippen molar-refractivity contribution in [2.24, 2.45) is 0 Å². The molecule has 166 valence electrons. The third-order valence-electron chi connectivity index (χ3n) is 6.47. The van der Waals surface area contributed by atoms with Crippen LogP contribution in [-0.4, -0.2) is 0 Å². The molecule has 0 unspecified atom stereocenters. The van der Waals surface area contributed by atoms with E-state index in [4.69, 9.17) is 0 Å². The lowest BCUT2D eigenvalue weighted by Gasteiger charge is -2.15. The molecule has 6 rings (SSSR count). The molecule has 6 aromatic carbocycles. The number of anilines is 2. The Kier molecular flexibility index (Phi) is 5.58. The van der Waals surface area contributed by atoms with Crippen LogP contribution >= 0.6 is 0 Å². The van der Waals surface area contributed by atoms with Gasteiger partial charge in [0.2, 0.25) is 0 Å². The Morgan fingerprint density at radius 2 is 0.857 bits per heavy atom. The van der Waals surface area contributed by atoms with Gasteiger partial charge in [-0.1, -0.05) is 127 Å². The second-order valence-corrected chi connectivity index (χ2v) is 8.69. The smallest absolute Gasteiger partial charge is 0.0463 e. The summed E-state index contributed by atoms with van der Waals surface area (Å²) in [6.07, 6.45) is 0. The van der Waals surface area contributed by atoms with Gasteiger partial charge in [-0.15, -0.1) is 0 Å². The van der Waals surface area contributed by atoms with Gasteiger partial charge < -0.3 is 5.32 Å². The van der Waals surface area contributed by atoms with E-state index in [-0.39, 0.29) is 0 Å². The normalized spacial score (nSPS) is 10.9. The van der Waals surface area contributed by atoms with Crippen molar-refractivity contribution in [2.75, 3.05) is 5.32 Å². The molecule has 0 bridgehead atoms. The van der Waals surface area contributed by atoms with Gasteiger partial charge in [-0.05, 0) is 56.8 Å². The molecule has 1 nitrogen and oxygen atoms in total. The standard InChI is InChI=1S/C34H25N/c1-3-12-25(13-4-1)29-22-23-30(33-20-8-7-19-32(29)33)27-16-11-17-28(24-27)35-34-21-10-9-18-31(34)26-14-5-2-6-15-26/h1-24,35H. The first-order valence-electron chi connectivity index (χ1n) is 12.0. The molecule has 0 aliphatic carbocycles. The number of fused-ring (bicyclic) bond motifs is 1. The van der Waals surface area contributed by atoms with Crippen molar-refractivity contribution in [2.45, 2.75) is 0 Å². The molecule has 1 N–H and O–H groups in total. The number of hydrogen-bond acceptors (Lipinski definition) is 1. The van der Waals surface area contributed by atoms with Crippen LogP contribution in [0.2, 0.25) is 0 Å². The van der Waals surface area contributed by atoms with E-state index in [1.54, 1.807) is 0 Å². The summed E-state index contributed by atoms with van der Waals surface area (Å²) in [7, 11) is 0. The first kappa shape index (κ1) is 20.9. The van der Waals surface area contributed by atoms with Crippen molar-refractivity contribution in [1.29, 1.82) is 0 Å². The van der Waals surface area contributed by atoms with Gasteiger partial charge in [0.05, 0.1) is 0 Å². The highest BCUT2D eigenvalue weighted by Gasteiger charge is 2.10. The van der Waals surface area contributed by atoms with Crippen LogP contribution in [0.1, 0.15) is 0 Å². The van der Waals surface area contributed by atoms with Gasteiger partial charge in [0.15, 0.2) is 0 Å². The van der Waals surface area contributed by atoms with E-state index in [2.05, 4.69) is 151 Å². The second-order valence-electron chi connectivity index (χ2n) is 8.69. The summed E-state index contributed by atoms with van der Waals surface area (Å²) in [5.74, 6) is 0. The summed E-state index contributed by atoms with van der Waals surface area (Å²) < 4.78 is 0. The largest absolute Gasteiger partial charge is 0.355 e. The monoisotopic (exact) mass is 447 g/mol. The van der Waals surface area contributed by atoms with Crippen LogP contribution in [0.5, 0.6) is 0 Å². The number of hydrogen-bond donors (Lipinski definition) is 1. The van der Waals surface area contributed by atoms with E-state index in [0.29, 0.717) is 0 Å². The summed E-state index contributed by atoms with van der Waals surface area (Å²) in [4.78, 5) is 0. The second kappa shape index (κ2) is 9.32. The maximum absolute atomic E-state index is 3.67. The van der Waals surface area contributed by atoms with Crippen LogP contribution in [0.3, 0.4) is 0 Å². The molecule has 0 radical (unpaired) electrons. The van der Waals surface area contributed by atoms with Crippen LogP contribution in [0.25, 0.3) is 44.2 Å². The molecular weight excluding hydrogens is 422 g/mol. The van der Waals surface area contributed by atoms with Crippen LogP contribution in [-0.2, 0) is 0 Å². The number of nitrogens with one attached hydrogen (secondary N) is 1. The molecule has 0 heterocycles. The predicted molar refractivity (Wildman–Crippen MR) is 150 cm³/mol. The zero-order chi connectivity index (χ0) is 23.5. The third-order valence-corrected chi connectivity index (χ3v) is 6.47. The number of para-hydroxylation sites is 1. The topological polar surface area (TPSA) is 12.0 Å². The quantitative estimate of drug-likeness (QED) is 0.277. The van der Waals surface area contributed by atoms with Gasteiger partial charge in [0.1, 0.15) is 0 Å². The van der Waals surface area contributed by atoms with Crippen molar-refractivity contribution < 1.29 is 0 Å². The molecule has 0 fully saturated rings. The van der Waals surface area contributed by atoms with Crippen LogP contribution in [0, 0.1) is 0 Å². The predicted octanol–water partition coefficient (Wildman–Crippen LogP) is 9.58. The lowest BCUT2D eigenvalue weighted by Crippen LogP contribution is -1.94. The summed E-state index contributed by atoms with van der Waals surface area (Å²) >= 11 is 0. The molecule has 0 amide bonds.